The van der Waals surface area contributed by atoms with Crippen LogP contribution in [0, 0.1) is 0 Å². The van der Waals surface area contributed by atoms with Gasteiger partial charge >= 0.3 is 0 Å². The van der Waals surface area contributed by atoms with E-state index in [2.05, 4.69) is 22.0 Å². The maximum absolute atomic E-state index is 5.44. The Labute approximate surface area is 114 Å². The standard InChI is InChI=1S/C13H13N3O2S/c1-2-4-11-15-12(18-16-11)7-9-8-17-13(14-9)10-5-3-6-19-10/h3,5-6,8H,2,4,7H2,1H3. The van der Waals surface area contributed by atoms with Gasteiger partial charge in [0.1, 0.15) is 6.26 Å². The van der Waals surface area contributed by atoms with E-state index in [1.165, 1.54) is 0 Å². The molecule has 0 aliphatic rings. The topological polar surface area (TPSA) is 65.0 Å². The van der Waals surface area contributed by atoms with Gasteiger partial charge in [0.15, 0.2) is 5.82 Å². The minimum absolute atomic E-state index is 0.506. The Bertz CT molecular complexity index is 642. The largest absolute Gasteiger partial charge is 0.444 e. The summed E-state index contributed by atoms with van der Waals surface area (Å²) >= 11 is 1.60. The van der Waals surface area contributed by atoms with Crippen LogP contribution in [0.15, 0.2) is 32.7 Å². The zero-order chi connectivity index (χ0) is 13.1. The van der Waals surface area contributed by atoms with Crippen molar-refractivity contribution >= 4 is 11.3 Å². The van der Waals surface area contributed by atoms with E-state index in [9.17, 15) is 0 Å². The van der Waals surface area contributed by atoms with Crippen molar-refractivity contribution < 1.29 is 8.94 Å². The van der Waals surface area contributed by atoms with Crippen LogP contribution in [0.3, 0.4) is 0 Å². The highest BCUT2D eigenvalue weighted by atomic mass is 32.1. The van der Waals surface area contributed by atoms with E-state index >= 15 is 0 Å². The van der Waals surface area contributed by atoms with Crippen molar-refractivity contribution in [2.24, 2.45) is 0 Å². The quantitative estimate of drug-likeness (QED) is 0.714. The lowest BCUT2D eigenvalue weighted by Gasteiger charge is -1.87. The van der Waals surface area contributed by atoms with Gasteiger partial charge in [0.25, 0.3) is 0 Å². The highest BCUT2D eigenvalue weighted by Crippen LogP contribution is 2.24. The second kappa shape index (κ2) is 5.36. The van der Waals surface area contributed by atoms with Gasteiger partial charge in [0.2, 0.25) is 11.8 Å². The fraction of sp³-hybridized carbons (Fsp3) is 0.308. The zero-order valence-corrected chi connectivity index (χ0v) is 11.3. The van der Waals surface area contributed by atoms with Crippen molar-refractivity contribution in [2.75, 3.05) is 0 Å². The van der Waals surface area contributed by atoms with Crippen molar-refractivity contribution in [3.63, 3.8) is 0 Å². The minimum Gasteiger partial charge on any atom is -0.444 e. The fourth-order valence-corrected chi connectivity index (χ4v) is 2.40. The van der Waals surface area contributed by atoms with E-state index in [4.69, 9.17) is 8.94 Å². The molecule has 5 nitrogen and oxygen atoms in total. The smallest absolute Gasteiger partial charge is 0.236 e. The normalized spacial score (nSPS) is 11.0. The molecule has 3 rings (SSSR count). The maximum atomic E-state index is 5.44. The monoisotopic (exact) mass is 275 g/mol. The molecule has 0 saturated heterocycles. The van der Waals surface area contributed by atoms with Gasteiger partial charge in [0, 0.05) is 6.42 Å². The van der Waals surface area contributed by atoms with Gasteiger partial charge in [-0.05, 0) is 17.9 Å². The van der Waals surface area contributed by atoms with Crippen LogP contribution in [0.1, 0.15) is 30.8 Å². The Balaban J connectivity index is 1.72. The molecule has 3 heterocycles. The zero-order valence-electron chi connectivity index (χ0n) is 10.5. The lowest BCUT2D eigenvalue weighted by molar-refractivity contribution is 0.378. The second-order valence-corrected chi connectivity index (χ2v) is 5.10. The van der Waals surface area contributed by atoms with Gasteiger partial charge in [-0.1, -0.05) is 18.1 Å². The van der Waals surface area contributed by atoms with Crippen molar-refractivity contribution in [1.82, 2.24) is 15.1 Å². The Hall–Kier alpha value is -1.95. The van der Waals surface area contributed by atoms with Crippen LogP contribution in [0.5, 0.6) is 0 Å². The predicted molar refractivity (Wildman–Crippen MR) is 70.9 cm³/mol. The van der Waals surface area contributed by atoms with Crippen LogP contribution in [-0.2, 0) is 12.8 Å². The molecule has 0 saturated carbocycles. The number of hydrogen-bond acceptors (Lipinski definition) is 6. The van der Waals surface area contributed by atoms with Gasteiger partial charge in [-0.3, -0.25) is 0 Å². The molecule has 0 radical (unpaired) electrons. The number of rotatable bonds is 5. The number of nitrogens with zero attached hydrogens (tertiary/aromatic N) is 3. The van der Waals surface area contributed by atoms with Gasteiger partial charge in [0.05, 0.1) is 17.0 Å². The van der Waals surface area contributed by atoms with Crippen molar-refractivity contribution in [1.29, 1.82) is 0 Å². The average molecular weight is 275 g/mol. The molecule has 0 N–H and O–H groups in total. The first-order chi connectivity index (χ1) is 9.35. The summed E-state index contributed by atoms with van der Waals surface area (Å²) in [5, 5.41) is 5.91. The molecule has 19 heavy (non-hydrogen) atoms. The molecule has 3 aromatic heterocycles. The molecule has 0 atom stereocenters. The molecule has 0 aliphatic heterocycles. The van der Waals surface area contributed by atoms with E-state index in [0.29, 0.717) is 18.2 Å². The molecule has 0 amide bonds. The third-order valence-electron chi connectivity index (χ3n) is 2.60. The summed E-state index contributed by atoms with van der Waals surface area (Å²) in [6.07, 6.45) is 3.98. The molecular weight excluding hydrogens is 262 g/mol. The summed E-state index contributed by atoms with van der Waals surface area (Å²) in [4.78, 5) is 9.75. The number of oxazole rings is 1. The highest BCUT2D eigenvalue weighted by Gasteiger charge is 2.11. The van der Waals surface area contributed by atoms with E-state index in [1.54, 1.807) is 17.6 Å². The highest BCUT2D eigenvalue weighted by molar-refractivity contribution is 7.13. The SMILES string of the molecule is CCCc1noc(Cc2coc(-c3cccs3)n2)n1. The molecule has 3 aromatic rings. The van der Waals surface area contributed by atoms with E-state index < -0.39 is 0 Å². The molecule has 6 heteroatoms. The van der Waals surface area contributed by atoms with E-state index in [-0.39, 0.29) is 0 Å². The third-order valence-corrected chi connectivity index (χ3v) is 3.46. The van der Waals surface area contributed by atoms with Crippen LogP contribution in [0.4, 0.5) is 0 Å². The molecule has 0 spiro atoms. The number of aryl methyl sites for hydroxylation is 1. The van der Waals surface area contributed by atoms with Crippen LogP contribution in [0.25, 0.3) is 10.8 Å². The number of hydrogen-bond donors (Lipinski definition) is 0. The van der Waals surface area contributed by atoms with E-state index in [0.717, 1.165) is 29.2 Å². The first kappa shape index (κ1) is 12.1. The molecule has 0 bridgehead atoms. The average Bonchev–Trinajstić information content (AvgIpc) is 3.10. The van der Waals surface area contributed by atoms with Gasteiger partial charge in [-0.25, -0.2) is 4.98 Å². The van der Waals surface area contributed by atoms with Gasteiger partial charge < -0.3 is 8.94 Å². The maximum Gasteiger partial charge on any atom is 0.236 e. The first-order valence-electron chi connectivity index (χ1n) is 6.15. The summed E-state index contributed by atoms with van der Waals surface area (Å²) in [6, 6.07) is 3.95. The fourth-order valence-electron chi connectivity index (χ4n) is 1.74. The number of thiophene rings is 1. The minimum atomic E-state index is 0.506. The van der Waals surface area contributed by atoms with Crippen LogP contribution in [-0.4, -0.2) is 15.1 Å². The summed E-state index contributed by atoms with van der Waals surface area (Å²) in [5.41, 5.74) is 0.801. The second-order valence-electron chi connectivity index (χ2n) is 4.15. The van der Waals surface area contributed by atoms with Crippen molar-refractivity contribution in [3.05, 3.63) is 41.2 Å². The van der Waals surface area contributed by atoms with Crippen LogP contribution >= 0.6 is 11.3 Å². The Morgan fingerprint density at radius 2 is 2.26 bits per heavy atom. The lowest BCUT2D eigenvalue weighted by Crippen LogP contribution is -1.90. The summed E-state index contributed by atoms with van der Waals surface area (Å²) in [5.74, 6) is 1.97. The molecule has 0 fully saturated rings. The van der Waals surface area contributed by atoms with E-state index in [1.807, 2.05) is 17.5 Å². The van der Waals surface area contributed by atoms with Crippen LogP contribution < -0.4 is 0 Å². The summed E-state index contributed by atoms with van der Waals surface area (Å²) in [7, 11) is 0. The molecule has 0 aromatic carbocycles. The van der Waals surface area contributed by atoms with Crippen molar-refractivity contribution in [2.45, 2.75) is 26.2 Å². The Morgan fingerprint density at radius 3 is 3.05 bits per heavy atom. The summed E-state index contributed by atoms with van der Waals surface area (Å²) < 4.78 is 10.6. The molecular formula is C13H13N3O2S. The van der Waals surface area contributed by atoms with Gasteiger partial charge in [-0.15, -0.1) is 11.3 Å². The summed E-state index contributed by atoms with van der Waals surface area (Å²) in [6.45, 7) is 2.08. The lowest BCUT2D eigenvalue weighted by atomic mass is 10.3. The number of aromatic nitrogens is 3. The molecule has 98 valence electrons. The molecule has 0 aliphatic carbocycles. The van der Waals surface area contributed by atoms with Crippen LogP contribution in [0.2, 0.25) is 0 Å². The first-order valence-corrected chi connectivity index (χ1v) is 7.03. The predicted octanol–water partition coefficient (Wildman–Crippen LogP) is 3.33. The van der Waals surface area contributed by atoms with Gasteiger partial charge in [-0.2, -0.15) is 4.98 Å². The molecule has 0 unspecified atom stereocenters. The Morgan fingerprint density at radius 1 is 1.32 bits per heavy atom. The van der Waals surface area contributed by atoms with Crippen molar-refractivity contribution in [3.8, 4) is 10.8 Å². The third kappa shape index (κ3) is 2.73. The Kier molecular flexibility index (Phi) is 3.41.